The number of fused-ring (bicyclic) bond motifs is 1. The molecule has 240 valence electrons. The highest BCUT2D eigenvalue weighted by molar-refractivity contribution is 7.89. The van der Waals surface area contributed by atoms with Crippen LogP contribution in [0.2, 0.25) is 5.02 Å². The molecule has 2 aliphatic heterocycles. The quantitative estimate of drug-likeness (QED) is 0.270. The number of amides is 1. The van der Waals surface area contributed by atoms with Crippen LogP contribution >= 0.6 is 11.6 Å². The standard InChI is InChI=1S/C34H38ClF2N3O4S/c35-28-12-8-25(9-13-28)24-6-10-27(11-7-24)34(36,37)32(33(41)40-19-18-26-20-38-21-31(26)40)39-45(42,43)30-16-14-29(15-17-30)44-22-23-4-2-1-3-5-23/h6-17,23,26,31-32,38-39H,1-5,18-22H2. The van der Waals surface area contributed by atoms with Gasteiger partial charge in [-0.15, -0.1) is 0 Å². The second-order valence-corrected chi connectivity index (χ2v) is 14.5. The monoisotopic (exact) mass is 657 g/mol. The number of nitrogens with zero attached hydrogens (tertiary/aromatic N) is 1. The largest absolute Gasteiger partial charge is 0.493 e. The lowest BCUT2D eigenvalue weighted by molar-refractivity contribution is -0.145. The maximum Gasteiger partial charge on any atom is 0.298 e. The zero-order valence-electron chi connectivity index (χ0n) is 24.9. The number of likely N-dealkylation sites (tertiary alicyclic amines) is 1. The molecule has 11 heteroatoms. The Morgan fingerprint density at radius 1 is 0.933 bits per heavy atom. The number of carbonyl (C=O) groups is 1. The molecule has 0 radical (unpaired) electrons. The lowest BCUT2D eigenvalue weighted by Gasteiger charge is -2.33. The molecule has 1 aliphatic carbocycles. The van der Waals surface area contributed by atoms with Crippen molar-refractivity contribution in [2.75, 3.05) is 26.2 Å². The molecule has 0 bridgehead atoms. The number of ether oxygens (including phenoxy) is 1. The normalized spacial score (nSPS) is 21.4. The van der Waals surface area contributed by atoms with Gasteiger partial charge in [-0.1, -0.05) is 67.3 Å². The van der Waals surface area contributed by atoms with Crippen molar-refractivity contribution in [3.8, 4) is 16.9 Å². The molecule has 0 spiro atoms. The number of carbonyl (C=O) groups excluding carboxylic acids is 1. The maximum absolute atomic E-state index is 16.4. The molecule has 1 amide bonds. The summed E-state index contributed by atoms with van der Waals surface area (Å²) in [4.78, 5) is 15.1. The Labute approximate surface area is 268 Å². The SMILES string of the molecule is O=C(C(NS(=O)(=O)c1ccc(OCC2CCCCC2)cc1)C(F)(F)c1ccc(-c2ccc(Cl)cc2)cc1)N1CCC2CNCC21. The van der Waals surface area contributed by atoms with Crippen LogP contribution in [-0.2, 0) is 20.7 Å². The van der Waals surface area contributed by atoms with Gasteiger partial charge in [0.2, 0.25) is 15.9 Å². The van der Waals surface area contributed by atoms with Crippen LogP contribution in [0.3, 0.4) is 0 Å². The van der Waals surface area contributed by atoms with Crippen molar-refractivity contribution in [2.45, 2.75) is 61.4 Å². The Bertz CT molecular complexity index is 1580. The molecule has 3 unspecified atom stereocenters. The number of alkyl halides is 2. The molecule has 3 aliphatic rings. The summed E-state index contributed by atoms with van der Waals surface area (Å²) < 4.78 is 68.0. The van der Waals surface area contributed by atoms with Crippen LogP contribution < -0.4 is 14.8 Å². The third kappa shape index (κ3) is 7.04. The van der Waals surface area contributed by atoms with Crippen LogP contribution in [0.15, 0.2) is 77.7 Å². The third-order valence-corrected chi connectivity index (χ3v) is 11.1. The predicted molar refractivity (Wildman–Crippen MR) is 170 cm³/mol. The van der Waals surface area contributed by atoms with Crippen molar-refractivity contribution in [3.05, 3.63) is 83.4 Å². The smallest absolute Gasteiger partial charge is 0.298 e. The molecule has 3 atom stereocenters. The van der Waals surface area contributed by atoms with Gasteiger partial charge in [-0.2, -0.15) is 13.5 Å². The number of hydrogen-bond donors (Lipinski definition) is 2. The molecular formula is C34H38ClF2N3O4S. The molecule has 2 N–H and O–H groups in total. The summed E-state index contributed by atoms with van der Waals surface area (Å²) in [5, 5.41) is 3.77. The van der Waals surface area contributed by atoms with Gasteiger partial charge in [0.05, 0.1) is 11.5 Å². The fourth-order valence-corrected chi connectivity index (χ4v) is 8.08. The minimum absolute atomic E-state index is 0.152. The molecule has 2 heterocycles. The van der Waals surface area contributed by atoms with Crippen LogP contribution in [-0.4, -0.2) is 57.5 Å². The molecule has 3 aromatic carbocycles. The van der Waals surface area contributed by atoms with Crippen molar-refractivity contribution in [3.63, 3.8) is 0 Å². The summed E-state index contributed by atoms with van der Waals surface area (Å²) in [7, 11) is -4.52. The summed E-state index contributed by atoms with van der Waals surface area (Å²) in [5.41, 5.74) is 0.999. The van der Waals surface area contributed by atoms with E-state index in [-0.39, 0.29) is 16.9 Å². The summed E-state index contributed by atoms with van der Waals surface area (Å²) in [6.45, 7) is 2.03. The Hall–Kier alpha value is -3.05. The van der Waals surface area contributed by atoms with Gasteiger partial charge in [-0.05, 0) is 78.6 Å². The summed E-state index contributed by atoms with van der Waals surface area (Å²) in [6.07, 6.45) is 6.50. The van der Waals surface area contributed by atoms with Gasteiger partial charge in [-0.3, -0.25) is 4.79 Å². The molecule has 45 heavy (non-hydrogen) atoms. The summed E-state index contributed by atoms with van der Waals surface area (Å²) in [5.74, 6) is -3.65. The van der Waals surface area contributed by atoms with E-state index in [0.717, 1.165) is 18.4 Å². The number of halogens is 3. The minimum Gasteiger partial charge on any atom is -0.493 e. The van der Waals surface area contributed by atoms with Crippen molar-refractivity contribution < 1.29 is 26.7 Å². The molecule has 7 nitrogen and oxygen atoms in total. The molecule has 3 fully saturated rings. The molecule has 3 aromatic rings. The number of sulfonamides is 1. The highest BCUT2D eigenvalue weighted by Gasteiger charge is 2.52. The van der Waals surface area contributed by atoms with Crippen LogP contribution in [0, 0.1) is 11.8 Å². The van der Waals surface area contributed by atoms with Gasteiger partial charge in [0.1, 0.15) is 5.75 Å². The van der Waals surface area contributed by atoms with Crippen LogP contribution in [0.1, 0.15) is 44.1 Å². The number of rotatable bonds is 10. The van der Waals surface area contributed by atoms with Crippen molar-refractivity contribution in [2.24, 2.45) is 11.8 Å². The van der Waals surface area contributed by atoms with Crippen molar-refractivity contribution in [1.29, 1.82) is 0 Å². The van der Waals surface area contributed by atoms with E-state index < -0.39 is 33.5 Å². The topological polar surface area (TPSA) is 87.7 Å². The number of nitrogens with one attached hydrogen (secondary N) is 2. The Kier molecular flexibility index (Phi) is 9.47. The lowest BCUT2D eigenvalue weighted by atomic mass is 9.90. The van der Waals surface area contributed by atoms with Crippen LogP contribution in [0.5, 0.6) is 5.75 Å². The van der Waals surface area contributed by atoms with Crippen LogP contribution in [0.25, 0.3) is 11.1 Å². The Balaban J connectivity index is 1.24. The lowest BCUT2D eigenvalue weighted by Crippen LogP contribution is -2.57. The molecule has 0 aromatic heterocycles. The predicted octanol–water partition coefficient (Wildman–Crippen LogP) is 6.23. The zero-order chi connectivity index (χ0) is 31.6. The first-order chi connectivity index (χ1) is 21.6. The first-order valence-corrected chi connectivity index (χ1v) is 17.5. The fourth-order valence-electron chi connectivity index (χ4n) is 6.77. The molecule has 2 saturated heterocycles. The fraction of sp³-hybridized carbons (Fsp3) is 0.441. The third-order valence-electron chi connectivity index (χ3n) is 9.40. The summed E-state index contributed by atoms with van der Waals surface area (Å²) in [6, 6.07) is 15.6. The average Bonchev–Trinajstić information content (AvgIpc) is 3.68. The van der Waals surface area contributed by atoms with E-state index in [1.54, 1.807) is 24.3 Å². The highest BCUT2D eigenvalue weighted by Crippen LogP contribution is 2.37. The van der Waals surface area contributed by atoms with Gasteiger partial charge in [0.25, 0.3) is 5.92 Å². The van der Waals surface area contributed by atoms with Gasteiger partial charge < -0.3 is 15.0 Å². The summed E-state index contributed by atoms with van der Waals surface area (Å²) >= 11 is 5.98. The van der Waals surface area contributed by atoms with Crippen molar-refractivity contribution >= 4 is 27.5 Å². The van der Waals surface area contributed by atoms with E-state index in [9.17, 15) is 13.2 Å². The Morgan fingerprint density at radius 2 is 1.58 bits per heavy atom. The Morgan fingerprint density at radius 3 is 2.24 bits per heavy atom. The number of benzene rings is 3. The van der Waals surface area contributed by atoms with E-state index in [1.165, 1.54) is 72.7 Å². The first kappa shape index (κ1) is 31.9. The number of hydrogen-bond acceptors (Lipinski definition) is 5. The second kappa shape index (κ2) is 13.4. The minimum atomic E-state index is -4.52. The van der Waals surface area contributed by atoms with Gasteiger partial charge in [-0.25, -0.2) is 8.42 Å². The van der Waals surface area contributed by atoms with Gasteiger partial charge >= 0.3 is 0 Å². The van der Waals surface area contributed by atoms with E-state index >= 15 is 8.78 Å². The zero-order valence-corrected chi connectivity index (χ0v) is 26.5. The van der Waals surface area contributed by atoms with E-state index in [0.29, 0.717) is 54.9 Å². The van der Waals surface area contributed by atoms with E-state index in [4.69, 9.17) is 16.3 Å². The molecular weight excluding hydrogens is 620 g/mol. The average molecular weight is 658 g/mol. The highest BCUT2D eigenvalue weighted by atomic mass is 35.5. The molecule has 1 saturated carbocycles. The molecule has 6 rings (SSSR count). The van der Waals surface area contributed by atoms with E-state index in [1.807, 2.05) is 0 Å². The van der Waals surface area contributed by atoms with Crippen molar-refractivity contribution in [1.82, 2.24) is 14.9 Å². The first-order valence-electron chi connectivity index (χ1n) is 15.6. The van der Waals surface area contributed by atoms with Crippen LogP contribution in [0.4, 0.5) is 8.78 Å². The van der Waals surface area contributed by atoms with Gasteiger partial charge in [0, 0.05) is 36.3 Å². The second-order valence-electron chi connectivity index (χ2n) is 12.4. The van der Waals surface area contributed by atoms with E-state index in [2.05, 4.69) is 10.0 Å². The maximum atomic E-state index is 16.4. The van der Waals surface area contributed by atoms with Gasteiger partial charge in [0.15, 0.2) is 6.04 Å².